The molecule has 0 atom stereocenters. The van der Waals surface area contributed by atoms with Crippen molar-refractivity contribution >= 4 is 17.5 Å². The van der Waals surface area contributed by atoms with E-state index in [9.17, 15) is 20.0 Å². The van der Waals surface area contributed by atoms with Crippen LogP contribution in [-0.4, -0.2) is 60.0 Å². The molecule has 0 amide bonds. The summed E-state index contributed by atoms with van der Waals surface area (Å²) in [6.07, 6.45) is 2.40. The first-order valence-corrected chi connectivity index (χ1v) is 9.47. The molecule has 0 saturated carbocycles. The van der Waals surface area contributed by atoms with Crippen LogP contribution in [0.2, 0.25) is 0 Å². The number of methoxy groups -OCH3 is 2. The quantitative estimate of drug-likeness (QED) is 0.363. The van der Waals surface area contributed by atoms with E-state index in [0.717, 1.165) is 11.3 Å². The van der Waals surface area contributed by atoms with Gasteiger partial charge in [-0.1, -0.05) is 12.1 Å². The molecule has 10 heteroatoms. The number of carboxylic acid groups (broad SMARTS) is 1. The number of aromatic nitrogens is 1. The van der Waals surface area contributed by atoms with E-state index in [1.165, 1.54) is 26.4 Å². The minimum absolute atomic E-state index is 0.0441. The van der Waals surface area contributed by atoms with Crippen LogP contribution in [0.25, 0.3) is 0 Å². The summed E-state index contributed by atoms with van der Waals surface area (Å²) in [5.41, 5.74) is 2.65. The van der Waals surface area contributed by atoms with Crippen molar-refractivity contribution < 1.29 is 24.3 Å². The minimum atomic E-state index is -1.02. The van der Waals surface area contributed by atoms with Gasteiger partial charge in [0.1, 0.15) is 5.84 Å². The number of fused-ring (bicyclic) bond motifs is 1. The number of carbonyl (C=O) groups is 1. The van der Waals surface area contributed by atoms with Gasteiger partial charge in [-0.15, -0.1) is 0 Å². The summed E-state index contributed by atoms with van der Waals surface area (Å²) in [5.74, 6) is -0.506. The van der Waals surface area contributed by atoms with Crippen LogP contribution < -0.4 is 5.32 Å². The van der Waals surface area contributed by atoms with Crippen LogP contribution in [0.3, 0.4) is 0 Å². The number of hydrogen-bond acceptors (Lipinski definition) is 7. The Kier molecular flexibility index (Phi) is 6.80. The topological polar surface area (TPSA) is 128 Å². The zero-order valence-corrected chi connectivity index (χ0v) is 16.8. The highest BCUT2D eigenvalue weighted by atomic mass is 16.7. The minimum Gasteiger partial charge on any atom is -0.478 e. The van der Waals surface area contributed by atoms with Crippen molar-refractivity contribution in [2.24, 2.45) is 4.99 Å². The summed E-state index contributed by atoms with van der Waals surface area (Å²) in [5, 5.41) is 23.6. The molecule has 1 aromatic carbocycles. The second kappa shape index (κ2) is 9.51. The predicted molar refractivity (Wildman–Crippen MR) is 109 cm³/mol. The zero-order valence-electron chi connectivity index (χ0n) is 16.8. The van der Waals surface area contributed by atoms with Gasteiger partial charge >= 0.3 is 5.97 Å². The van der Waals surface area contributed by atoms with Crippen molar-refractivity contribution in [1.82, 2.24) is 9.88 Å². The average Bonchev–Trinajstić information content (AvgIpc) is 3.13. The number of ether oxygens (including phenoxy) is 2. The maximum absolute atomic E-state index is 11.8. The van der Waals surface area contributed by atoms with E-state index in [1.807, 2.05) is 4.57 Å². The summed E-state index contributed by atoms with van der Waals surface area (Å²) >= 11 is 0. The number of aliphatic imine (C=N–C) groups is 1. The molecule has 0 bridgehead atoms. The maximum atomic E-state index is 11.8. The molecule has 160 valence electrons. The van der Waals surface area contributed by atoms with E-state index < -0.39 is 17.2 Å². The third-order valence-corrected chi connectivity index (χ3v) is 5.03. The van der Waals surface area contributed by atoms with Gasteiger partial charge in [-0.25, -0.2) is 4.79 Å². The molecule has 1 aliphatic rings. The molecule has 10 nitrogen and oxygen atoms in total. The number of carboxylic acids is 1. The Hall–Kier alpha value is -3.24. The molecular weight excluding hydrogens is 392 g/mol. The van der Waals surface area contributed by atoms with Gasteiger partial charge in [0.25, 0.3) is 5.69 Å². The first-order valence-electron chi connectivity index (χ1n) is 9.47. The number of amidine groups is 1. The fraction of sp³-hybridized carbons (Fsp3) is 0.400. The Labute approximate surface area is 173 Å². The Morgan fingerprint density at radius 1 is 1.33 bits per heavy atom. The third kappa shape index (κ3) is 4.66. The van der Waals surface area contributed by atoms with Gasteiger partial charge in [0, 0.05) is 57.8 Å². The van der Waals surface area contributed by atoms with Gasteiger partial charge in [-0.05, 0) is 12.0 Å². The molecule has 2 N–H and O–H groups in total. The van der Waals surface area contributed by atoms with Gasteiger partial charge in [-0.2, -0.15) is 0 Å². The molecule has 1 aromatic heterocycles. The van der Waals surface area contributed by atoms with Crippen molar-refractivity contribution in [3.63, 3.8) is 0 Å². The summed E-state index contributed by atoms with van der Waals surface area (Å²) in [6, 6.07) is 6.38. The maximum Gasteiger partial charge on any atom is 0.338 e. The van der Waals surface area contributed by atoms with Crippen LogP contribution in [0.5, 0.6) is 0 Å². The van der Waals surface area contributed by atoms with Crippen molar-refractivity contribution in [2.75, 3.05) is 27.3 Å². The highest BCUT2D eigenvalue weighted by molar-refractivity contribution is 6.09. The zero-order chi connectivity index (χ0) is 21.7. The second-order valence-electron chi connectivity index (χ2n) is 6.80. The Morgan fingerprint density at radius 3 is 2.63 bits per heavy atom. The fourth-order valence-electron chi connectivity index (χ4n) is 3.47. The van der Waals surface area contributed by atoms with E-state index in [-0.39, 0.29) is 11.3 Å². The van der Waals surface area contributed by atoms with Crippen molar-refractivity contribution in [3.05, 3.63) is 63.0 Å². The van der Waals surface area contributed by atoms with Crippen LogP contribution in [-0.2, 0) is 28.9 Å². The lowest BCUT2D eigenvalue weighted by molar-refractivity contribution is -0.384. The number of non-ortho nitro benzene ring substituents is 1. The SMILES string of the molecule is COC(CNC1=NCCc2c1c(C(=O)O)cn2CCc1ccc([N+](=O)[O-])cc1)OC. The summed E-state index contributed by atoms with van der Waals surface area (Å²) in [7, 11) is 3.06. The first kappa shape index (κ1) is 21.5. The molecule has 0 unspecified atom stereocenters. The van der Waals surface area contributed by atoms with E-state index in [0.29, 0.717) is 43.9 Å². The molecule has 0 aliphatic carbocycles. The number of nitrogens with one attached hydrogen (secondary N) is 1. The molecule has 0 fully saturated rings. The molecule has 0 saturated heterocycles. The van der Waals surface area contributed by atoms with Crippen molar-refractivity contribution in [1.29, 1.82) is 0 Å². The van der Waals surface area contributed by atoms with Crippen molar-refractivity contribution in [2.45, 2.75) is 25.7 Å². The summed E-state index contributed by atoms with van der Waals surface area (Å²) in [6.45, 7) is 1.43. The fourth-order valence-corrected chi connectivity index (χ4v) is 3.47. The Morgan fingerprint density at radius 2 is 2.03 bits per heavy atom. The molecule has 0 radical (unpaired) electrons. The monoisotopic (exact) mass is 416 g/mol. The lowest BCUT2D eigenvalue weighted by atomic mass is 10.0. The van der Waals surface area contributed by atoms with Crippen LogP contribution in [0.4, 0.5) is 5.69 Å². The number of aryl methyl sites for hydroxylation is 2. The van der Waals surface area contributed by atoms with Crippen LogP contribution >= 0.6 is 0 Å². The summed E-state index contributed by atoms with van der Waals surface area (Å²) < 4.78 is 12.3. The molecule has 2 aromatic rings. The largest absolute Gasteiger partial charge is 0.478 e. The molecule has 0 spiro atoms. The highest BCUT2D eigenvalue weighted by Crippen LogP contribution is 2.23. The average molecular weight is 416 g/mol. The Bertz CT molecular complexity index is 947. The molecule has 2 heterocycles. The number of nitrogens with zero attached hydrogens (tertiary/aromatic N) is 3. The lowest BCUT2D eigenvalue weighted by Crippen LogP contribution is -2.37. The molecule has 1 aliphatic heterocycles. The second-order valence-corrected chi connectivity index (χ2v) is 6.80. The standard InChI is InChI=1S/C20H24N4O6/c1-29-17(30-2)11-22-19-18-15(20(25)26)12-23(16(18)7-9-21-19)10-8-13-3-5-14(6-4-13)24(27)28/h3-6,12,17H,7-11H2,1-2H3,(H,21,22)(H,25,26). The van der Waals surface area contributed by atoms with Gasteiger partial charge in [-0.3, -0.25) is 15.1 Å². The van der Waals surface area contributed by atoms with Crippen LogP contribution in [0.15, 0.2) is 35.5 Å². The van der Waals surface area contributed by atoms with E-state index in [4.69, 9.17) is 9.47 Å². The van der Waals surface area contributed by atoms with E-state index >= 15 is 0 Å². The highest BCUT2D eigenvalue weighted by Gasteiger charge is 2.27. The molecule has 3 rings (SSSR count). The first-order chi connectivity index (χ1) is 14.4. The molecule has 30 heavy (non-hydrogen) atoms. The predicted octanol–water partition coefficient (Wildman–Crippen LogP) is 1.85. The number of benzene rings is 1. The number of rotatable bonds is 9. The van der Waals surface area contributed by atoms with Crippen LogP contribution in [0, 0.1) is 10.1 Å². The van der Waals surface area contributed by atoms with Gasteiger partial charge < -0.3 is 24.5 Å². The number of hydrogen-bond donors (Lipinski definition) is 2. The van der Waals surface area contributed by atoms with E-state index in [2.05, 4.69) is 10.3 Å². The number of aromatic carboxylic acids is 1. The lowest BCUT2D eigenvalue weighted by Gasteiger charge is -2.20. The number of nitro groups is 1. The number of nitro benzene ring substituents is 1. The third-order valence-electron chi connectivity index (χ3n) is 5.03. The van der Waals surface area contributed by atoms with Gasteiger partial charge in [0.2, 0.25) is 0 Å². The summed E-state index contributed by atoms with van der Waals surface area (Å²) in [4.78, 5) is 26.7. The van der Waals surface area contributed by atoms with E-state index in [1.54, 1.807) is 18.3 Å². The molecular formula is C20H24N4O6. The van der Waals surface area contributed by atoms with Gasteiger partial charge in [0.15, 0.2) is 6.29 Å². The van der Waals surface area contributed by atoms with Crippen LogP contribution in [0.1, 0.15) is 27.2 Å². The van der Waals surface area contributed by atoms with Gasteiger partial charge in [0.05, 0.1) is 22.6 Å². The Balaban J connectivity index is 1.80. The normalized spacial score (nSPS) is 13.1. The smallest absolute Gasteiger partial charge is 0.338 e. The van der Waals surface area contributed by atoms with Crippen molar-refractivity contribution in [3.8, 4) is 0 Å².